The third kappa shape index (κ3) is 8.00. The Bertz CT molecular complexity index is 1100. The van der Waals surface area contributed by atoms with Gasteiger partial charge in [-0.2, -0.15) is 13.2 Å². The van der Waals surface area contributed by atoms with Crippen LogP contribution in [0.15, 0.2) is 48.6 Å². The average molecular weight is 501 g/mol. The Morgan fingerprint density at radius 3 is 2.42 bits per heavy atom. The number of aryl methyl sites for hydroxylation is 2. The van der Waals surface area contributed by atoms with Gasteiger partial charge in [0.05, 0.1) is 18.8 Å². The molecule has 1 aliphatic carbocycles. The van der Waals surface area contributed by atoms with Crippen LogP contribution in [0.1, 0.15) is 79.7 Å². The molecule has 0 saturated heterocycles. The first kappa shape index (κ1) is 27.6. The Labute approximate surface area is 212 Å². The fraction of sp³-hybridized carbons (Fsp3) is 0.433. The lowest BCUT2D eigenvalue weighted by Gasteiger charge is -2.18. The van der Waals surface area contributed by atoms with Gasteiger partial charge in [-0.15, -0.1) is 0 Å². The maximum Gasteiger partial charge on any atom is 0.416 e. The molecule has 2 aromatic rings. The van der Waals surface area contributed by atoms with Crippen LogP contribution < -0.4 is 4.74 Å². The number of esters is 1. The van der Waals surface area contributed by atoms with Crippen LogP contribution in [0.4, 0.5) is 13.2 Å². The van der Waals surface area contributed by atoms with Crippen molar-refractivity contribution in [2.45, 2.75) is 71.4 Å². The van der Waals surface area contributed by atoms with Crippen LogP contribution in [0.25, 0.3) is 11.6 Å². The Morgan fingerprint density at radius 2 is 1.69 bits per heavy atom. The molecule has 194 valence electrons. The van der Waals surface area contributed by atoms with Gasteiger partial charge in [0.15, 0.2) is 0 Å². The predicted molar refractivity (Wildman–Crippen MR) is 138 cm³/mol. The molecule has 3 rings (SSSR count). The van der Waals surface area contributed by atoms with Crippen LogP contribution in [-0.4, -0.2) is 19.2 Å². The number of carbonyl (C=O) groups is 1. The summed E-state index contributed by atoms with van der Waals surface area (Å²) in [5.41, 5.74) is 4.48. The molecule has 0 fully saturated rings. The molecule has 0 spiro atoms. The minimum atomic E-state index is -4.35. The normalized spacial score (nSPS) is 15.2. The average Bonchev–Trinajstić information content (AvgIpc) is 2.81. The van der Waals surface area contributed by atoms with Gasteiger partial charge in [-0.05, 0) is 117 Å². The lowest BCUT2D eigenvalue weighted by molar-refractivity contribution is -0.139. The first-order valence-corrected chi connectivity index (χ1v) is 12.6. The second-order valence-electron chi connectivity index (χ2n) is 9.44. The van der Waals surface area contributed by atoms with Crippen molar-refractivity contribution in [2.24, 2.45) is 0 Å². The van der Waals surface area contributed by atoms with Crippen molar-refractivity contribution in [3.63, 3.8) is 0 Å². The van der Waals surface area contributed by atoms with Gasteiger partial charge in [0.1, 0.15) is 5.75 Å². The van der Waals surface area contributed by atoms with E-state index in [1.807, 2.05) is 25.1 Å². The number of ether oxygens (including phenoxy) is 2. The molecule has 0 N–H and O–H groups in total. The highest BCUT2D eigenvalue weighted by Gasteiger charge is 2.31. The van der Waals surface area contributed by atoms with Crippen LogP contribution in [0, 0.1) is 6.92 Å². The topological polar surface area (TPSA) is 35.5 Å². The summed E-state index contributed by atoms with van der Waals surface area (Å²) in [5.74, 6) is 0.471. The summed E-state index contributed by atoms with van der Waals surface area (Å²) in [6.45, 7) is 8.07. The van der Waals surface area contributed by atoms with Crippen molar-refractivity contribution in [3.05, 3.63) is 76.4 Å². The zero-order valence-electron chi connectivity index (χ0n) is 21.2. The molecule has 0 radical (unpaired) electrons. The van der Waals surface area contributed by atoms with Crippen LogP contribution in [-0.2, 0) is 22.1 Å². The molecule has 0 amide bonds. The van der Waals surface area contributed by atoms with Gasteiger partial charge in [0.25, 0.3) is 0 Å². The fourth-order valence-electron chi connectivity index (χ4n) is 4.31. The number of alkyl halides is 3. The van der Waals surface area contributed by atoms with Gasteiger partial charge in [-0.1, -0.05) is 24.8 Å². The zero-order valence-corrected chi connectivity index (χ0v) is 21.2. The van der Waals surface area contributed by atoms with E-state index in [2.05, 4.69) is 12.6 Å². The van der Waals surface area contributed by atoms with E-state index in [1.54, 1.807) is 13.0 Å². The van der Waals surface area contributed by atoms with Gasteiger partial charge < -0.3 is 9.47 Å². The molecule has 0 aromatic heterocycles. The summed E-state index contributed by atoms with van der Waals surface area (Å²) < 4.78 is 51.0. The Kier molecular flexibility index (Phi) is 9.80. The number of carbonyl (C=O) groups excluding carboxylic acids is 1. The highest BCUT2D eigenvalue weighted by Crippen LogP contribution is 2.36. The van der Waals surface area contributed by atoms with E-state index in [4.69, 9.17) is 9.47 Å². The van der Waals surface area contributed by atoms with Crippen LogP contribution in [0.2, 0.25) is 0 Å². The van der Waals surface area contributed by atoms with Gasteiger partial charge >= 0.3 is 12.1 Å². The summed E-state index contributed by atoms with van der Waals surface area (Å²) in [6, 6.07) is 10.00. The van der Waals surface area contributed by atoms with Crippen molar-refractivity contribution in [1.82, 2.24) is 0 Å². The lowest BCUT2D eigenvalue weighted by atomic mass is 9.88. The van der Waals surface area contributed by atoms with Gasteiger partial charge in [-0.25, -0.2) is 4.79 Å². The number of rotatable bonds is 10. The number of hydrogen-bond donors (Lipinski definition) is 0. The summed E-state index contributed by atoms with van der Waals surface area (Å²) in [6.07, 6.45) is 4.93. The minimum Gasteiger partial charge on any atom is -0.494 e. The number of hydrogen-bond acceptors (Lipinski definition) is 3. The third-order valence-electron chi connectivity index (χ3n) is 6.39. The number of halogens is 3. The van der Waals surface area contributed by atoms with Crippen LogP contribution in [0.3, 0.4) is 0 Å². The molecule has 0 bridgehead atoms. The van der Waals surface area contributed by atoms with Gasteiger partial charge in [-0.3, -0.25) is 0 Å². The molecule has 2 aromatic carbocycles. The van der Waals surface area contributed by atoms with E-state index in [-0.39, 0.29) is 5.97 Å². The minimum absolute atomic E-state index is 0.343. The summed E-state index contributed by atoms with van der Waals surface area (Å²) in [4.78, 5) is 11.3. The highest BCUT2D eigenvalue weighted by atomic mass is 19.4. The van der Waals surface area contributed by atoms with Crippen molar-refractivity contribution in [1.29, 1.82) is 0 Å². The second kappa shape index (κ2) is 12.8. The number of allylic oxidation sites excluding steroid dienone is 1. The largest absolute Gasteiger partial charge is 0.494 e. The van der Waals surface area contributed by atoms with E-state index in [1.165, 1.54) is 6.07 Å². The van der Waals surface area contributed by atoms with Crippen molar-refractivity contribution < 1.29 is 27.4 Å². The summed E-state index contributed by atoms with van der Waals surface area (Å²) in [7, 11) is 0. The SMILES string of the molecule is C=C(C)C(=O)OCCCCCCOc1ccc2c(c1)CCCC/C(c1cc(C(F)(F)F)ccc1C)=C\2. The van der Waals surface area contributed by atoms with Crippen LogP contribution >= 0.6 is 0 Å². The molecule has 0 atom stereocenters. The molecule has 0 saturated carbocycles. The molecule has 6 heteroatoms. The van der Waals surface area contributed by atoms with Gasteiger partial charge in [0, 0.05) is 5.57 Å². The maximum absolute atomic E-state index is 13.3. The Hall–Kier alpha value is -3.02. The van der Waals surface area contributed by atoms with E-state index in [0.29, 0.717) is 24.4 Å². The monoisotopic (exact) mass is 500 g/mol. The van der Waals surface area contributed by atoms with E-state index in [0.717, 1.165) is 85.4 Å². The van der Waals surface area contributed by atoms with E-state index >= 15 is 0 Å². The molecule has 3 nitrogen and oxygen atoms in total. The molecule has 0 unspecified atom stereocenters. The quantitative estimate of drug-likeness (QED) is 0.187. The maximum atomic E-state index is 13.3. The van der Waals surface area contributed by atoms with Crippen molar-refractivity contribution in [3.8, 4) is 5.75 Å². The summed E-state index contributed by atoms with van der Waals surface area (Å²) in [5, 5.41) is 0. The Morgan fingerprint density at radius 1 is 0.972 bits per heavy atom. The first-order valence-electron chi connectivity index (χ1n) is 12.6. The molecular formula is C30H35F3O3. The number of fused-ring (bicyclic) bond motifs is 1. The number of unbranched alkanes of at least 4 members (excludes halogenated alkanes) is 3. The third-order valence-corrected chi connectivity index (χ3v) is 6.39. The Balaban J connectivity index is 1.59. The molecule has 0 heterocycles. The zero-order chi connectivity index (χ0) is 26.1. The lowest BCUT2D eigenvalue weighted by Crippen LogP contribution is -2.06. The van der Waals surface area contributed by atoms with Gasteiger partial charge in [0.2, 0.25) is 0 Å². The van der Waals surface area contributed by atoms with E-state index < -0.39 is 11.7 Å². The standard InChI is InChI=1S/C30H35F3O3/c1-21(2)29(34)36-17-9-5-4-8-16-35-27-15-13-24-18-25(11-7-6-10-23(24)19-27)28-20-26(30(31,32)33)14-12-22(28)3/h12-15,18-20H,1,4-11,16-17H2,2-3H3/b25-18+. The molecule has 0 aliphatic heterocycles. The predicted octanol–water partition coefficient (Wildman–Crippen LogP) is 8.34. The molecule has 36 heavy (non-hydrogen) atoms. The summed E-state index contributed by atoms with van der Waals surface area (Å²) >= 11 is 0. The first-order chi connectivity index (χ1) is 17.1. The fourth-order valence-corrected chi connectivity index (χ4v) is 4.31. The van der Waals surface area contributed by atoms with Crippen LogP contribution in [0.5, 0.6) is 5.75 Å². The smallest absolute Gasteiger partial charge is 0.416 e. The van der Waals surface area contributed by atoms with Crippen molar-refractivity contribution in [2.75, 3.05) is 13.2 Å². The second-order valence-corrected chi connectivity index (χ2v) is 9.44. The molecular weight excluding hydrogens is 465 g/mol. The highest BCUT2D eigenvalue weighted by molar-refractivity contribution is 5.87. The number of benzene rings is 2. The van der Waals surface area contributed by atoms with Crippen molar-refractivity contribution >= 4 is 17.6 Å². The van der Waals surface area contributed by atoms with E-state index in [9.17, 15) is 18.0 Å². The molecule has 1 aliphatic rings.